The van der Waals surface area contributed by atoms with Gasteiger partial charge < -0.3 is 15.0 Å². The van der Waals surface area contributed by atoms with Crippen LogP contribution in [0.1, 0.15) is 52.0 Å². The second-order valence-corrected chi connectivity index (χ2v) is 11.9. The van der Waals surface area contributed by atoms with Crippen LogP contribution in [-0.4, -0.2) is 57.1 Å². The first-order chi connectivity index (χ1) is 17.9. The first kappa shape index (κ1) is 31.7. The molecule has 0 spiro atoms. The van der Waals surface area contributed by atoms with Crippen LogP contribution < -0.4 is 14.4 Å². The van der Waals surface area contributed by atoms with Gasteiger partial charge in [0, 0.05) is 30.6 Å². The SMILES string of the molecule is CCC(C)NC(=O)C(CC)N(Cc1ccc(OC)cc1)C(=O)CCCN(c1cc(Cl)ccc1Cl)S(C)(=O)=O. The van der Waals surface area contributed by atoms with Gasteiger partial charge in [0.2, 0.25) is 21.8 Å². The van der Waals surface area contributed by atoms with Crippen molar-refractivity contribution in [1.29, 1.82) is 0 Å². The fourth-order valence-corrected chi connectivity index (χ4v) is 5.35. The molecule has 0 aromatic heterocycles. The number of hydrogen-bond acceptors (Lipinski definition) is 5. The molecule has 0 radical (unpaired) electrons. The molecule has 210 valence electrons. The monoisotopic (exact) mass is 585 g/mol. The van der Waals surface area contributed by atoms with Crippen molar-refractivity contribution >= 4 is 50.7 Å². The molecule has 38 heavy (non-hydrogen) atoms. The molecule has 0 saturated carbocycles. The Morgan fingerprint density at radius 2 is 1.71 bits per heavy atom. The quantitative estimate of drug-likeness (QED) is 0.326. The van der Waals surface area contributed by atoms with Crippen molar-refractivity contribution in [2.45, 2.75) is 65.1 Å². The average Bonchev–Trinajstić information content (AvgIpc) is 2.87. The zero-order valence-corrected chi connectivity index (χ0v) is 24.9. The van der Waals surface area contributed by atoms with E-state index in [0.717, 1.165) is 22.5 Å². The first-order valence-corrected chi connectivity index (χ1v) is 15.2. The highest BCUT2D eigenvalue weighted by Gasteiger charge is 2.29. The maximum absolute atomic E-state index is 13.5. The molecule has 2 amide bonds. The van der Waals surface area contributed by atoms with Gasteiger partial charge in [-0.15, -0.1) is 0 Å². The number of methoxy groups -OCH3 is 1. The molecule has 2 atom stereocenters. The van der Waals surface area contributed by atoms with Crippen LogP contribution >= 0.6 is 23.2 Å². The van der Waals surface area contributed by atoms with E-state index in [9.17, 15) is 18.0 Å². The summed E-state index contributed by atoms with van der Waals surface area (Å²) in [4.78, 5) is 28.2. The Hall–Kier alpha value is -2.49. The van der Waals surface area contributed by atoms with E-state index in [1.54, 1.807) is 30.2 Å². The highest BCUT2D eigenvalue weighted by Crippen LogP contribution is 2.31. The van der Waals surface area contributed by atoms with E-state index < -0.39 is 16.1 Å². The molecule has 2 aromatic rings. The minimum atomic E-state index is -3.69. The highest BCUT2D eigenvalue weighted by atomic mass is 35.5. The molecule has 0 aliphatic heterocycles. The predicted molar refractivity (Wildman–Crippen MR) is 153 cm³/mol. The van der Waals surface area contributed by atoms with Gasteiger partial charge in [-0.25, -0.2) is 8.42 Å². The summed E-state index contributed by atoms with van der Waals surface area (Å²) in [7, 11) is -2.12. The number of nitrogens with zero attached hydrogens (tertiary/aromatic N) is 2. The van der Waals surface area contributed by atoms with Crippen LogP contribution in [0.3, 0.4) is 0 Å². The lowest BCUT2D eigenvalue weighted by Crippen LogP contribution is -2.50. The van der Waals surface area contributed by atoms with Crippen molar-refractivity contribution in [1.82, 2.24) is 10.2 Å². The highest BCUT2D eigenvalue weighted by molar-refractivity contribution is 7.92. The van der Waals surface area contributed by atoms with Crippen molar-refractivity contribution in [3.63, 3.8) is 0 Å². The summed E-state index contributed by atoms with van der Waals surface area (Å²) < 4.78 is 31.5. The lowest BCUT2D eigenvalue weighted by molar-refractivity contribution is -0.141. The number of halogens is 2. The van der Waals surface area contributed by atoms with Gasteiger partial charge in [-0.1, -0.05) is 49.2 Å². The zero-order valence-electron chi connectivity index (χ0n) is 22.5. The molecule has 0 saturated heterocycles. The van der Waals surface area contributed by atoms with E-state index in [1.807, 2.05) is 32.9 Å². The number of rotatable bonds is 14. The van der Waals surface area contributed by atoms with Crippen LogP contribution in [0.5, 0.6) is 5.75 Å². The molecular formula is C27H37Cl2N3O5S. The number of amides is 2. The van der Waals surface area contributed by atoms with Gasteiger partial charge in [-0.2, -0.15) is 0 Å². The van der Waals surface area contributed by atoms with Crippen LogP contribution in [0.4, 0.5) is 5.69 Å². The van der Waals surface area contributed by atoms with E-state index in [2.05, 4.69) is 5.32 Å². The maximum atomic E-state index is 13.5. The zero-order chi connectivity index (χ0) is 28.5. The Kier molecular flexibility index (Phi) is 12.2. The van der Waals surface area contributed by atoms with Gasteiger partial charge >= 0.3 is 0 Å². The smallest absolute Gasteiger partial charge is 0.243 e. The number of sulfonamides is 1. The minimum absolute atomic E-state index is 0.0247. The lowest BCUT2D eigenvalue weighted by Gasteiger charge is -2.32. The Bertz CT molecular complexity index is 1190. The molecule has 2 unspecified atom stereocenters. The molecule has 0 heterocycles. The molecule has 11 heteroatoms. The first-order valence-electron chi connectivity index (χ1n) is 12.6. The number of ether oxygens (including phenoxy) is 1. The van der Waals surface area contributed by atoms with E-state index >= 15 is 0 Å². The molecule has 0 aliphatic carbocycles. The fraction of sp³-hybridized carbons (Fsp3) is 0.481. The summed E-state index contributed by atoms with van der Waals surface area (Å²) in [5, 5.41) is 3.56. The summed E-state index contributed by atoms with van der Waals surface area (Å²) in [5.74, 6) is 0.221. The van der Waals surface area contributed by atoms with Crippen LogP contribution in [0, 0.1) is 0 Å². The van der Waals surface area contributed by atoms with E-state index in [-0.39, 0.29) is 54.5 Å². The van der Waals surface area contributed by atoms with Crippen molar-refractivity contribution in [3.8, 4) is 5.75 Å². The predicted octanol–water partition coefficient (Wildman–Crippen LogP) is 5.27. The molecular weight excluding hydrogens is 549 g/mol. The lowest BCUT2D eigenvalue weighted by atomic mass is 10.1. The van der Waals surface area contributed by atoms with Crippen LogP contribution in [0.2, 0.25) is 10.0 Å². The third-order valence-electron chi connectivity index (χ3n) is 6.23. The van der Waals surface area contributed by atoms with Crippen molar-refractivity contribution in [3.05, 3.63) is 58.1 Å². The number of hydrogen-bond donors (Lipinski definition) is 1. The number of nitrogens with one attached hydrogen (secondary N) is 1. The Balaban J connectivity index is 2.26. The number of benzene rings is 2. The van der Waals surface area contributed by atoms with E-state index in [0.29, 0.717) is 17.2 Å². The van der Waals surface area contributed by atoms with Crippen LogP contribution in [0.25, 0.3) is 0 Å². The maximum Gasteiger partial charge on any atom is 0.243 e. The third-order valence-corrected chi connectivity index (χ3v) is 7.96. The third kappa shape index (κ3) is 9.06. The number of carbonyl (C=O) groups is 2. The standard InChI is InChI=1S/C27H37Cl2N3O5S/c1-6-19(3)30-27(34)24(7-2)31(18-20-10-13-22(37-4)14-11-20)26(33)9-8-16-32(38(5,35)36)25-17-21(28)12-15-23(25)29/h10-15,17,19,24H,6-9,16,18H2,1-5H3,(H,30,34). The number of carbonyl (C=O) groups excluding carboxylic acids is 2. The van der Waals surface area contributed by atoms with Crippen molar-refractivity contribution in [2.24, 2.45) is 0 Å². The van der Waals surface area contributed by atoms with Gasteiger partial charge in [0.25, 0.3) is 0 Å². The molecule has 2 aromatic carbocycles. The fourth-order valence-electron chi connectivity index (χ4n) is 3.95. The topological polar surface area (TPSA) is 96.0 Å². The molecule has 0 aliphatic rings. The second kappa shape index (κ2) is 14.6. The van der Waals surface area contributed by atoms with Gasteiger partial charge in [0.15, 0.2) is 0 Å². The van der Waals surface area contributed by atoms with Gasteiger partial charge in [-0.05, 0) is 62.1 Å². The number of anilines is 1. The molecule has 0 bridgehead atoms. The van der Waals surface area contributed by atoms with E-state index in [4.69, 9.17) is 27.9 Å². The van der Waals surface area contributed by atoms with Gasteiger partial charge in [-0.3, -0.25) is 13.9 Å². The van der Waals surface area contributed by atoms with Crippen LogP contribution in [-0.2, 0) is 26.2 Å². The Labute approximate surface area is 236 Å². The van der Waals surface area contributed by atoms with Gasteiger partial charge in [0.1, 0.15) is 11.8 Å². The largest absolute Gasteiger partial charge is 0.497 e. The van der Waals surface area contributed by atoms with Gasteiger partial charge in [0.05, 0.1) is 24.1 Å². The van der Waals surface area contributed by atoms with Crippen LogP contribution in [0.15, 0.2) is 42.5 Å². The van der Waals surface area contributed by atoms with E-state index in [1.165, 1.54) is 12.1 Å². The molecule has 0 fully saturated rings. The summed E-state index contributed by atoms with van der Waals surface area (Å²) in [6, 6.07) is 11.2. The normalized spacial score (nSPS) is 12.9. The summed E-state index contributed by atoms with van der Waals surface area (Å²) >= 11 is 12.3. The van der Waals surface area contributed by atoms with Crippen molar-refractivity contribution in [2.75, 3.05) is 24.2 Å². The Morgan fingerprint density at radius 3 is 2.26 bits per heavy atom. The molecule has 1 N–H and O–H groups in total. The minimum Gasteiger partial charge on any atom is -0.497 e. The summed E-state index contributed by atoms with van der Waals surface area (Å²) in [6.45, 7) is 6.01. The molecule has 8 nitrogen and oxygen atoms in total. The summed E-state index contributed by atoms with van der Waals surface area (Å²) in [6.07, 6.45) is 2.53. The van der Waals surface area contributed by atoms with Crippen molar-refractivity contribution < 1.29 is 22.7 Å². The summed E-state index contributed by atoms with van der Waals surface area (Å²) in [5.41, 5.74) is 1.10. The second-order valence-electron chi connectivity index (χ2n) is 9.15. The average molecular weight is 587 g/mol. The Morgan fingerprint density at radius 1 is 1.05 bits per heavy atom. The molecule has 2 rings (SSSR count).